The number of hydrogen-bond donors (Lipinski definition) is 0. The molecule has 0 saturated heterocycles. The Hall–Kier alpha value is -6.84. The van der Waals surface area contributed by atoms with Crippen molar-refractivity contribution in [2.45, 2.75) is 19.3 Å². The van der Waals surface area contributed by atoms with Crippen LogP contribution in [0.15, 0.2) is 174 Å². The van der Waals surface area contributed by atoms with E-state index < -0.39 is 0 Å². The van der Waals surface area contributed by atoms with E-state index in [1.54, 1.807) is 0 Å². The van der Waals surface area contributed by atoms with Crippen molar-refractivity contribution in [2.24, 2.45) is 0 Å². The van der Waals surface area contributed by atoms with Crippen LogP contribution in [0.3, 0.4) is 0 Å². The molecule has 1 aliphatic carbocycles. The first-order valence-corrected chi connectivity index (χ1v) is 18.8. The third kappa shape index (κ3) is 3.85. The fraction of sp³-hybridized carbons (Fsp3) is 0.0588. The van der Waals surface area contributed by atoms with Crippen molar-refractivity contribution in [1.29, 1.82) is 0 Å². The van der Waals surface area contributed by atoms with E-state index in [1.807, 2.05) is 0 Å². The minimum atomic E-state index is -0.118. The molecule has 254 valence electrons. The molecular weight excluding hydrogens is 657 g/mol. The highest BCUT2D eigenvalue weighted by Gasteiger charge is 2.35. The van der Waals surface area contributed by atoms with E-state index in [0.29, 0.717) is 0 Å². The quantitative estimate of drug-likeness (QED) is 0.181. The molecule has 0 fully saturated rings. The smallest absolute Gasteiger partial charge is 0.145 e. The minimum absolute atomic E-state index is 0.118. The van der Waals surface area contributed by atoms with Crippen LogP contribution >= 0.6 is 0 Å². The lowest BCUT2D eigenvalue weighted by Crippen LogP contribution is -2.15. The largest absolute Gasteiger partial charge is 0.455 e. The molecule has 54 heavy (non-hydrogen) atoms. The molecule has 0 aliphatic heterocycles. The molecule has 0 N–H and O–H groups in total. The highest BCUT2D eigenvalue weighted by molar-refractivity contribution is 6.27. The lowest BCUT2D eigenvalue weighted by Gasteiger charge is -2.22. The Morgan fingerprint density at radius 3 is 1.94 bits per heavy atom. The highest BCUT2D eigenvalue weighted by Crippen LogP contribution is 2.51. The molecule has 0 atom stereocenters. The maximum atomic E-state index is 6.83. The summed E-state index contributed by atoms with van der Waals surface area (Å²) < 4.78 is 11.7. The van der Waals surface area contributed by atoms with Gasteiger partial charge >= 0.3 is 0 Å². The van der Waals surface area contributed by atoms with Crippen LogP contribution in [0.1, 0.15) is 25.0 Å². The van der Waals surface area contributed by atoms with Gasteiger partial charge in [0, 0.05) is 49.3 Å². The molecule has 0 unspecified atom stereocenters. The maximum absolute atomic E-state index is 6.83. The predicted octanol–water partition coefficient (Wildman–Crippen LogP) is 13.8. The first-order chi connectivity index (χ1) is 26.6. The van der Waals surface area contributed by atoms with Crippen molar-refractivity contribution < 1.29 is 4.42 Å². The van der Waals surface area contributed by atoms with Gasteiger partial charge in [-0.25, -0.2) is 0 Å². The summed E-state index contributed by atoms with van der Waals surface area (Å²) in [5.41, 5.74) is 16.5. The van der Waals surface area contributed by atoms with E-state index >= 15 is 0 Å². The van der Waals surface area contributed by atoms with Crippen LogP contribution in [0, 0.1) is 0 Å². The van der Waals surface area contributed by atoms with Crippen molar-refractivity contribution in [3.05, 3.63) is 181 Å². The zero-order valence-electron chi connectivity index (χ0n) is 30.0. The van der Waals surface area contributed by atoms with Crippen molar-refractivity contribution in [3.63, 3.8) is 0 Å². The molecule has 12 rings (SSSR count). The van der Waals surface area contributed by atoms with Crippen LogP contribution in [-0.4, -0.2) is 9.13 Å². The number of fused-ring (bicyclic) bond motifs is 13. The molecule has 0 saturated carbocycles. The molecule has 3 aromatic heterocycles. The fourth-order valence-electron chi connectivity index (χ4n) is 9.65. The van der Waals surface area contributed by atoms with Crippen molar-refractivity contribution in [2.75, 3.05) is 0 Å². The normalized spacial score (nSPS) is 13.5. The molecule has 3 heterocycles. The number of furan rings is 1. The van der Waals surface area contributed by atoms with Gasteiger partial charge in [0.2, 0.25) is 0 Å². The zero-order chi connectivity index (χ0) is 35.7. The van der Waals surface area contributed by atoms with E-state index in [2.05, 4.69) is 193 Å². The average molecular weight is 691 g/mol. The number of hydrogen-bond acceptors (Lipinski definition) is 1. The summed E-state index contributed by atoms with van der Waals surface area (Å²) in [6.07, 6.45) is 0. The van der Waals surface area contributed by atoms with E-state index in [-0.39, 0.29) is 5.41 Å². The van der Waals surface area contributed by atoms with Crippen LogP contribution in [0.4, 0.5) is 0 Å². The Kier molecular flexibility index (Phi) is 5.84. The summed E-state index contributed by atoms with van der Waals surface area (Å²) in [6, 6.07) is 62.1. The predicted molar refractivity (Wildman–Crippen MR) is 225 cm³/mol. The molecule has 0 amide bonds. The molecule has 0 spiro atoms. The second-order valence-corrected chi connectivity index (χ2v) is 15.3. The fourth-order valence-corrected chi connectivity index (χ4v) is 9.65. The first-order valence-electron chi connectivity index (χ1n) is 18.8. The summed E-state index contributed by atoms with van der Waals surface area (Å²) >= 11 is 0. The Labute approximate surface area is 311 Å². The van der Waals surface area contributed by atoms with Gasteiger partial charge in [-0.1, -0.05) is 123 Å². The number of aromatic nitrogens is 2. The molecule has 8 aromatic carbocycles. The van der Waals surface area contributed by atoms with Gasteiger partial charge in [0.25, 0.3) is 0 Å². The van der Waals surface area contributed by atoms with Gasteiger partial charge in [-0.2, -0.15) is 0 Å². The summed E-state index contributed by atoms with van der Waals surface area (Å²) in [4.78, 5) is 0. The lowest BCUT2D eigenvalue weighted by atomic mass is 9.82. The molecule has 0 radical (unpaired) electrons. The Morgan fingerprint density at radius 2 is 1.09 bits per heavy atom. The van der Waals surface area contributed by atoms with Crippen LogP contribution in [0.5, 0.6) is 0 Å². The number of nitrogens with zero attached hydrogens (tertiary/aromatic N) is 2. The SMILES string of the molecule is CC1(C)c2ccccc2-c2ccc(-n3c4ccccc4c4c5oc6ccccc6c5cc(-c5ccc6c(c5)c5ccccc5n6-c5ccccc5)c43)cc21. The molecule has 11 aromatic rings. The van der Waals surface area contributed by atoms with Gasteiger partial charge in [-0.05, 0) is 88.5 Å². The number of rotatable bonds is 3. The van der Waals surface area contributed by atoms with Gasteiger partial charge in [-0.3, -0.25) is 0 Å². The topological polar surface area (TPSA) is 23.0 Å². The molecule has 3 heteroatoms. The average Bonchev–Trinajstić information content (AvgIpc) is 3.93. The third-order valence-electron chi connectivity index (χ3n) is 12.1. The van der Waals surface area contributed by atoms with E-state index in [9.17, 15) is 0 Å². The second kappa shape index (κ2) is 10.6. The maximum Gasteiger partial charge on any atom is 0.145 e. The Balaban J connectivity index is 1.21. The van der Waals surface area contributed by atoms with Gasteiger partial charge in [-0.15, -0.1) is 0 Å². The van der Waals surface area contributed by atoms with E-state index in [0.717, 1.165) is 49.7 Å². The van der Waals surface area contributed by atoms with Crippen LogP contribution in [-0.2, 0) is 5.41 Å². The standard InChI is InChI=1S/C51H34N2O/c1-51(2)42-20-10-6-16-34(42)35-26-25-33(29-43(35)51)53-45-22-12-8-19-38(45)48-49(53)39(30-41-37-18-9-13-23-47(37)54-50(41)48)31-24-27-46-40(28-31)36-17-7-11-21-44(36)52(46)32-14-4-3-5-15-32/h3-30H,1-2H3. The van der Waals surface area contributed by atoms with E-state index in [4.69, 9.17) is 4.42 Å². The highest BCUT2D eigenvalue weighted by atomic mass is 16.3. The lowest BCUT2D eigenvalue weighted by molar-refractivity contribution is 0.660. The van der Waals surface area contributed by atoms with Crippen molar-refractivity contribution in [1.82, 2.24) is 9.13 Å². The summed E-state index contributed by atoms with van der Waals surface area (Å²) in [7, 11) is 0. The number of benzene rings is 8. The summed E-state index contributed by atoms with van der Waals surface area (Å²) in [6.45, 7) is 4.72. The van der Waals surface area contributed by atoms with Crippen molar-refractivity contribution in [3.8, 4) is 33.6 Å². The molecule has 1 aliphatic rings. The van der Waals surface area contributed by atoms with Crippen LogP contribution in [0.2, 0.25) is 0 Å². The first kappa shape index (κ1) is 29.7. The van der Waals surface area contributed by atoms with Crippen molar-refractivity contribution >= 4 is 65.6 Å². The van der Waals surface area contributed by atoms with E-state index in [1.165, 1.54) is 60.6 Å². The third-order valence-corrected chi connectivity index (χ3v) is 12.1. The molecular formula is C51H34N2O. The summed E-state index contributed by atoms with van der Waals surface area (Å²) in [5.74, 6) is 0. The van der Waals surface area contributed by atoms with Gasteiger partial charge in [0.15, 0.2) is 0 Å². The number of para-hydroxylation sites is 4. The Bertz CT molecular complexity index is 3350. The monoisotopic (exact) mass is 690 g/mol. The minimum Gasteiger partial charge on any atom is -0.455 e. The van der Waals surface area contributed by atoms with Gasteiger partial charge in [0.1, 0.15) is 11.2 Å². The van der Waals surface area contributed by atoms with Gasteiger partial charge < -0.3 is 13.6 Å². The van der Waals surface area contributed by atoms with Crippen LogP contribution in [0.25, 0.3) is 99.2 Å². The summed E-state index contributed by atoms with van der Waals surface area (Å²) in [5, 5.41) is 7.06. The molecule has 3 nitrogen and oxygen atoms in total. The van der Waals surface area contributed by atoms with Gasteiger partial charge in [0.05, 0.1) is 27.5 Å². The zero-order valence-corrected chi connectivity index (χ0v) is 30.0. The van der Waals surface area contributed by atoms with Crippen LogP contribution < -0.4 is 0 Å². The Morgan fingerprint density at radius 1 is 0.426 bits per heavy atom. The molecule has 0 bridgehead atoms. The second-order valence-electron chi connectivity index (χ2n) is 15.3.